The first-order valence-corrected chi connectivity index (χ1v) is 6.48. The maximum absolute atomic E-state index is 2.45. The van der Waals surface area contributed by atoms with Crippen molar-refractivity contribution in [1.29, 1.82) is 0 Å². The standard InChI is InChI=1S/C15H24/c1-11-5-4-6-14(9-11)15-10-12(2)7-8-13(15)3/h5,7,13-15H,4,6,8-10H2,1-3H3. The summed E-state index contributed by atoms with van der Waals surface area (Å²) in [7, 11) is 0. The summed E-state index contributed by atoms with van der Waals surface area (Å²) in [6, 6.07) is 0. The third-order valence-corrected chi connectivity index (χ3v) is 4.35. The summed E-state index contributed by atoms with van der Waals surface area (Å²) in [5.74, 6) is 2.83. The lowest BCUT2D eigenvalue weighted by molar-refractivity contribution is 0.210. The van der Waals surface area contributed by atoms with Crippen molar-refractivity contribution in [2.24, 2.45) is 17.8 Å². The van der Waals surface area contributed by atoms with E-state index in [0.29, 0.717) is 0 Å². The van der Waals surface area contributed by atoms with E-state index in [4.69, 9.17) is 0 Å². The van der Waals surface area contributed by atoms with Gasteiger partial charge in [0.05, 0.1) is 0 Å². The van der Waals surface area contributed by atoms with Crippen LogP contribution in [0.1, 0.15) is 52.9 Å². The summed E-state index contributed by atoms with van der Waals surface area (Å²) in [5.41, 5.74) is 3.26. The minimum Gasteiger partial charge on any atom is -0.0856 e. The van der Waals surface area contributed by atoms with E-state index >= 15 is 0 Å². The fraction of sp³-hybridized carbons (Fsp3) is 0.733. The highest BCUT2D eigenvalue weighted by atomic mass is 14.3. The maximum Gasteiger partial charge on any atom is -0.0289 e. The molecule has 0 heterocycles. The largest absolute Gasteiger partial charge is 0.0856 e. The molecule has 2 aliphatic carbocycles. The number of rotatable bonds is 1. The van der Waals surface area contributed by atoms with Gasteiger partial charge >= 0.3 is 0 Å². The molecular weight excluding hydrogens is 180 g/mol. The van der Waals surface area contributed by atoms with Crippen molar-refractivity contribution in [3.63, 3.8) is 0 Å². The lowest BCUT2D eigenvalue weighted by atomic mass is 9.69. The van der Waals surface area contributed by atoms with Gasteiger partial charge < -0.3 is 0 Å². The van der Waals surface area contributed by atoms with Crippen LogP contribution in [0.5, 0.6) is 0 Å². The molecule has 0 aromatic rings. The van der Waals surface area contributed by atoms with Crippen molar-refractivity contribution < 1.29 is 0 Å². The zero-order valence-electron chi connectivity index (χ0n) is 10.4. The predicted octanol–water partition coefficient (Wildman–Crippen LogP) is 4.73. The van der Waals surface area contributed by atoms with Crippen LogP contribution >= 0.6 is 0 Å². The van der Waals surface area contributed by atoms with Gasteiger partial charge in [-0.15, -0.1) is 0 Å². The topological polar surface area (TPSA) is 0 Å². The SMILES string of the molecule is CC1=CCCC(C2CC(C)=CCC2C)C1. The van der Waals surface area contributed by atoms with Crippen molar-refractivity contribution >= 4 is 0 Å². The van der Waals surface area contributed by atoms with Crippen LogP contribution in [-0.4, -0.2) is 0 Å². The van der Waals surface area contributed by atoms with Gasteiger partial charge in [0.25, 0.3) is 0 Å². The van der Waals surface area contributed by atoms with Gasteiger partial charge in [0.2, 0.25) is 0 Å². The summed E-state index contributed by atoms with van der Waals surface area (Å²) < 4.78 is 0. The van der Waals surface area contributed by atoms with Gasteiger partial charge in [0, 0.05) is 0 Å². The number of hydrogen-bond donors (Lipinski definition) is 0. The van der Waals surface area contributed by atoms with Crippen LogP contribution in [0.2, 0.25) is 0 Å². The van der Waals surface area contributed by atoms with Crippen LogP contribution in [0, 0.1) is 17.8 Å². The molecule has 0 fully saturated rings. The molecule has 0 nitrogen and oxygen atoms in total. The van der Waals surface area contributed by atoms with Crippen molar-refractivity contribution in [2.45, 2.75) is 52.9 Å². The van der Waals surface area contributed by atoms with Gasteiger partial charge in [-0.1, -0.05) is 30.2 Å². The van der Waals surface area contributed by atoms with E-state index in [0.717, 1.165) is 17.8 Å². The summed E-state index contributed by atoms with van der Waals surface area (Å²) in [6.45, 7) is 7.06. The van der Waals surface area contributed by atoms with Gasteiger partial charge in [-0.25, -0.2) is 0 Å². The Bertz CT molecular complexity index is 282. The molecule has 3 unspecified atom stereocenters. The number of allylic oxidation sites excluding steroid dienone is 4. The Morgan fingerprint density at radius 1 is 1.07 bits per heavy atom. The molecular formula is C15H24. The monoisotopic (exact) mass is 204 g/mol. The third kappa shape index (κ3) is 2.53. The Hall–Kier alpha value is -0.520. The maximum atomic E-state index is 2.45. The van der Waals surface area contributed by atoms with Crippen LogP contribution < -0.4 is 0 Å². The molecule has 0 aromatic carbocycles. The van der Waals surface area contributed by atoms with Gasteiger partial charge in [-0.3, -0.25) is 0 Å². The first kappa shape index (κ1) is 11.0. The van der Waals surface area contributed by atoms with E-state index in [2.05, 4.69) is 32.9 Å². The first-order valence-electron chi connectivity index (χ1n) is 6.48. The van der Waals surface area contributed by atoms with E-state index in [9.17, 15) is 0 Å². The molecule has 3 atom stereocenters. The van der Waals surface area contributed by atoms with E-state index < -0.39 is 0 Å². The molecule has 0 radical (unpaired) electrons. The van der Waals surface area contributed by atoms with Crippen molar-refractivity contribution in [3.8, 4) is 0 Å². The Morgan fingerprint density at radius 3 is 2.53 bits per heavy atom. The van der Waals surface area contributed by atoms with E-state index in [1.807, 2.05) is 0 Å². The molecule has 2 rings (SSSR count). The van der Waals surface area contributed by atoms with Crippen molar-refractivity contribution in [2.75, 3.05) is 0 Å². The summed E-state index contributed by atoms with van der Waals surface area (Å²) in [4.78, 5) is 0. The molecule has 15 heavy (non-hydrogen) atoms. The molecule has 0 aliphatic heterocycles. The van der Waals surface area contributed by atoms with Crippen molar-refractivity contribution in [3.05, 3.63) is 23.3 Å². The molecule has 2 aliphatic rings. The Balaban J connectivity index is 2.04. The van der Waals surface area contributed by atoms with Gasteiger partial charge in [0.15, 0.2) is 0 Å². The minimum atomic E-state index is 0.907. The molecule has 0 amide bonds. The van der Waals surface area contributed by atoms with Gasteiger partial charge in [0.1, 0.15) is 0 Å². The number of hydrogen-bond acceptors (Lipinski definition) is 0. The minimum absolute atomic E-state index is 0.907. The summed E-state index contributed by atoms with van der Waals surface area (Å²) in [6.07, 6.45) is 11.7. The second-order valence-corrected chi connectivity index (χ2v) is 5.72. The Labute approximate surface area is 94.5 Å². The molecule has 0 N–H and O–H groups in total. The van der Waals surface area contributed by atoms with E-state index in [1.165, 1.54) is 32.1 Å². The molecule has 0 saturated carbocycles. The smallest absolute Gasteiger partial charge is 0.0289 e. The van der Waals surface area contributed by atoms with Crippen molar-refractivity contribution in [1.82, 2.24) is 0 Å². The summed E-state index contributed by atoms with van der Waals surface area (Å²) >= 11 is 0. The van der Waals surface area contributed by atoms with E-state index in [-0.39, 0.29) is 0 Å². The fourth-order valence-corrected chi connectivity index (χ4v) is 3.36. The summed E-state index contributed by atoms with van der Waals surface area (Å²) in [5, 5.41) is 0. The molecule has 0 heteroatoms. The van der Waals surface area contributed by atoms with Crippen LogP contribution in [-0.2, 0) is 0 Å². The lowest BCUT2D eigenvalue weighted by Crippen LogP contribution is -2.26. The van der Waals surface area contributed by atoms with Crippen LogP contribution in [0.25, 0.3) is 0 Å². The second-order valence-electron chi connectivity index (χ2n) is 5.72. The Kier molecular flexibility index (Phi) is 3.33. The highest BCUT2D eigenvalue weighted by molar-refractivity contribution is 5.10. The third-order valence-electron chi connectivity index (χ3n) is 4.35. The zero-order valence-corrected chi connectivity index (χ0v) is 10.4. The second kappa shape index (κ2) is 4.55. The lowest BCUT2D eigenvalue weighted by Gasteiger charge is -2.36. The molecule has 0 spiro atoms. The normalized spacial score (nSPS) is 37.1. The quantitative estimate of drug-likeness (QED) is 0.542. The molecule has 0 bridgehead atoms. The molecule has 0 saturated heterocycles. The predicted molar refractivity (Wildman–Crippen MR) is 66.7 cm³/mol. The van der Waals surface area contributed by atoms with Crippen LogP contribution in [0.3, 0.4) is 0 Å². The van der Waals surface area contributed by atoms with Gasteiger partial charge in [-0.05, 0) is 63.7 Å². The van der Waals surface area contributed by atoms with Gasteiger partial charge in [-0.2, -0.15) is 0 Å². The highest BCUT2D eigenvalue weighted by Crippen LogP contribution is 2.40. The fourth-order valence-electron chi connectivity index (χ4n) is 3.36. The van der Waals surface area contributed by atoms with Crippen LogP contribution in [0.15, 0.2) is 23.3 Å². The average Bonchev–Trinajstić information content (AvgIpc) is 2.22. The molecule has 84 valence electrons. The molecule has 0 aromatic heterocycles. The highest BCUT2D eigenvalue weighted by Gasteiger charge is 2.29. The average molecular weight is 204 g/mol. The van der Waals surface area contributed by atoms with Crippen LogP contribution in [0.4, 0.5) is 0 Å². The Morgan fingerprint density at radius 2 is 1.80 bits per heavy atom. The zero-order chi connectivity index (χ0) is 10.8. The van der Waals surface area contributed by atoms with E-state index in [1.54, 1.807) is 11.1 Å². The first-order chi connectivity index (χ1) is 7.16.